The highest BCUT2D eigenvalue weighted by molar-refractivity contribution is 7.93. The molecular weight excluding hydrogens is 1560 g/mol. The third kappa shape index (κ3) is 17.0. The third-order valence-corrected chi connectivity index (χ3v) is 34.8. The Hall–Kier alpha value is -7.28. The number of nitrogens with zero attached hydrogens (tertiary/aromatic N) is 6. The Kier molecular flexibility index (Phi) is 23.0. The number of urea groups is 4. The van der Waals surface area contributed by atoms with Crippen LogP contribution in [0.2, 0.25) is 0 Å². The first-order valence-electron chi connectivity index (χ1n) is 41.2. The van der Waals surface area contributed by atoms with Gasteiger partial charge in [-0.25, -0.2) is 85.1 Å². The van der Waals surface area contributed by atoms with Crippen molar-refractivity contribution < 1.29 is 66.0 Å². The second kappa shape index (κ2) is 32.6. The van der Waals surface area contributed by atoms with Crippen molar-refractivity contribution in [2.75, 3.05) is 98.3 Å². The molecule has 29 nitrogen and oxygen atoms in total. The van der Waals surface area contributed by atoms with Gasteiger partial charge in [-0.3, -0.25) is 19.6 Å². The summed E-state index contributed by atoms with van der Waals surface area (Å²) in [5.41, 5.74) is 23.3. The van der Waals surface area contributed by atoms with Crippen LogP contribution in [0, 0.1) is 0 Å². The highest BCUT2D eigenvalue weighted by Crippen LogP contribution is 2.44. The Morgan fingerprint density at radius 1 is 0.447 bits per heavy atom. The summed E-state index contributed by atoms with van der Waals surface area (Å²) < 4.78 is 140. The molecule has 34 heteroatoms. The number of sulfone groups is 1. The normalized spacial score (nSPS) is 21.9. The summed E-state index contributed by atoms with van der Waals surface area (Å²) in [6.07, 6.45) is 30.0. The Morgan fingerprint density at radius 2 is 0.746 bits per heavy atom. The first kappa shape index (κ1) is 80.5. The number of sulfonamides is 4. The van der Waals surface area contributed by atoms with Gasteiger partial charge in [0, 0.05) is 119 Å². The quantitative estimate of drug-likeness (QED) is 0.0463. The highest BCUT2D eigenvalue weighted by atomic mass is 32.2. The van der Waals surface area contributed by atoms with E-state index in [1.165, 1.54) is 77.9 Å². The van der Waals surface area contributed by atoms with Gasteiger partial charge in [-0.05, 0) is 263 Å². The van der Waals surface area contributed by atoms with Gasteiger partial charge in [0.1, 0.15) is 26.8 Å². The molecule has 6 aliphatic heterocycles. The van der Waals surface area contributed by atoms with E-state index in [4.69, 9.17) is 4.74 Å². The molecule has 114 heavy (non-hydrogen) atoms. The van der Waals surface area contributed by atoms with Crippen LogP contribution in [0.1, 0.15) is 173 Å². The van der Waals surface area contributed by atoms with Crippen molar-refractivity contribution in [3.63, 3.8) is 0 Å². The van der Waals surface area contributed by atoms with E-state index in [9.17, 15) is 61.3 Å². The van der Waals surface area contributed by atoms with Gasteiger partial charge in [0.2, 0.25) is 40.1 Å². The number of aromatic nitrogens is 2. The van der Waals surface area contributed by atoms with Crippen LogP contribution in [0.3, 0.4) is 0 Å². The largest absolute Gasteiger partial charge is 0.380 e. The molecular formula is C80H108N14O15S5. The number of aryl methyl sites for hydroxylation is 9. The van der Waals surface area contributed by atoms with Crippen LogP contribution in [0.25, 0.3) is 0 Å². The highest BCUT2D eigenvalue weighted by Gasteiger charge is 2.48. The number of anilines is 4. The predicted molar refractivity (Wildman–Crippen MR) is 436 cm³/mol. The van der Waals surface area contributed by atoms with E-state index in [2.05, 4.69) is 93.1 Å². The van der Waals surface area contributed by atoms with E-state index in [-0.39, 0.29) is 30.6 Å². The first-order valence-corrected chi connectivity index (χ1v) is 49.2. The summed E-state index contributed by atoms with van der Waals surface area (Å²) in [4.78, 5) is 62.7. The lowest BCUT2D eigenvalue weighted by atomic mass is 9.99. The molecule has 1 aromatic heterocycles. The van der Waals surface area contributed by atoms with Gasteiger partial charge in [-0.2, -0.15) is 0 Å². The minimum Gasteiger partial charge on any atom is -0.380 e. The lowest BCUT2D eigenvalue weighted by molar-refractivity contribution is 0.0998. The number of ether oxygens (including phenoxy) is 1. The van der Waals surface area contributed by atoms with Crippen LogP contribution in [0.15, 0.2) is 36.7 Å². The van der Waals surface area contributed by atoms with Gasteiger partial charge >= 0.3 is 24.1 Å². The predicted octanol–water partition coefficient (Wildman–Crippen LogP) is 6.52. The van der Waals surface area contributed by atoms with Gasteiger partial charge in [0.15, 0.2) is 9.84 Å². The van der Waals surface area contributed by atoms with E-state index < -0.39 is 95.1 Å². The molecule has 2 atom stereocenters. The molecule has 6 fully saturated rings. The third-order valence-electron chi connectivity index (χ3n) is 26.4. The average Bonchev–Trinajstić information content (AvgIpc) is 1.43. The minimum absolute atomic E-state index is 0.0882. The van der Waals surface area contributed by atoms with Crippen LogP contribution in [0.5, 0.6) is 0 Å². The molecule has 0 radical (unpaired) electrons. The summed E-state index contributed by atoms with van der Waals surface area (Å²) in [5.74, 6) is 1.08. The van der Waals surface area contributed by atoms with Crippen molar-refractivity contribution in [1.29, 1.82) is 0 Å². The second-order valence-electron chi connectivity index (χ2n) is 33.8. The number of hydrogen-bond acceptors (Lipinski definition) is 20. The number of hydrogen-bond donors (Lipinski definition) is 8. The molecule has 8 amide bonds. The lowest BCUT2D eigenvalue weighted by Crippen LogP contribution is -2.66. The van der Waals surface area contributed by atoms with E-state index in [0.29, 0.717) is 64.5 Å². The molecule has 4 aromatic carbocycles. The molecule has 7 heterocycles. The number of carbonyl (C=O) groups excluding carboxylic acids is 4. The lowest BCUT2D eigenvalue weighted by Gasteiger charge is -2.46. The molecule has 0 bridgehead atoms. The zero-order valence-corrected chi connectivity index (χ0v) is 69.5. The van der Waals surface area contributed by atoms with Crippen LogP contribution in [-0.4, -0.2) is 212 Å². The zero-order valence-electron chi connectivity index (χ0n) is 65.4. The molecule has 618 valence electrons. The number of imidazole rings is 1. The van der Waals surface area contributed by atoms with Gasteiger partial charge < -0.3 is 30.6 Å². The SMILES string of the molecule is CCC(C)N1CC(S(=O)(=O)NC(=O)Nc2c3c(cc4c2CCC4)CCC3)C1.Cn1ccnc1CN1CC(S(=O)(=O)NC(=O)Nc2c3c(cc4c2CCC4)CCC3)C1.O=C(Nc1c2c(cc3c1CCC3)CCC2)NS(=O)(=O)C1CN(C2CCOC2)C1.O=C(Nc1c2c(cc3c1CCC3)CCC2)NS(=O)(=O)C1CN(C2CS(=O)(=O)C2)C1. The standard InChI is InChI=1S/C21H27N5O3S.C20H27N3O4S.C20H29N3O3S.C19H25N3O5S2/c1-25-9-8-22-19(25)13-26-11-16(12-26)30(28,29)24-21(27)23-20-17-6-2-4-14(17)10-15-5-3-7-18(15)20;24-20(22-28(25,26)16-10-23(11-16)15-7-8-27-12-15)21-19-17-5-1-3-13(17)9-14-4-2-6-18(14)19;1-3-13(2)23-11-16(12-23)27(25,26)22-20(24)21-19-17-8-4-6-14(17)10-15-7-5-9-18(15)19;23-19(20-18-16-5-1-3-12(16)7-13-4-2-6-17(13)18)21-29(26,27)15-8-22(9-15)14-10-28(24,25)11-14/h8-10,16H,2-7,11-13H2,1H3,(H2,23,24,27);9,15-16H,1-8,10-12H2,(H2,21,22,24);10,13,16H,3-9,11-12H2,1-2H3,(H2,21,22,24);7,14-15H,1-6,8-11H2,(H2,20,21,23). The average molecular weight is 1670 g/mol. The number of benzene rings is 4. The number of nitrogens with one attached hydrogen (secondary N) is 8. The molecule has 8 N–H and O–H groups in total. The Balaban J connectivity index is 0.000000115. The first-order chi connectivity index (χ1) is 54.5. The number of likely N-dealkylation sites (tertiary alicyclic amines) is 4. The monoisotopic (exact) mass is 1660 g/mol. The number of rotatable bonds is 18. The summed E-state index contributed by atoms with van der Waals surface area (Å²) in [6, 6.07) is 7.13. The molecule has 2 unspecified atom stereocenters. The zero-order chi connectivity index (χ0) is 79.8. The molecule has 14 aliphatic rings. The fourth-order valence-electron chi connectivity index (χ4n) is 19.6. The summed E-state index contributed by atoms with van der Waals surface area (Å²) in [7, 11) is -15.9. The van der Waals surface area contributed by atoms with Crippen LogP contribution in [-0.2, 0) is 171 Å². The van der Waals surface area contributed by atoms with Crippen LogP contribution >= 0.6 is 0 Å². The van der Waals surface area contributed by atoms with Crippen molar-refractivity contribution in [3.05, 3.63) is 131 Å². The maximum absolute atomic E-state index is 12.7. The molecule has 8 aliphatic carbocycles. The Morgan fingerprint density at radius 3 is 1.02 bits per heavy atom. The number of fused-ring (bicyclic) bond motifs is 8. The Bertz CT molecular complexity index is 5100. The van der Waals surface area contributed by atoms with Crippen molar-refractivity contribution in [2.24, 2.45) is 7.05 Å². The van der Waals surface area contributed by atoms with Gasteiger partial charge in [0.25, 0.3) is 0 Å². The van der Waals surface area contributed by atoms with Crippen LogP contribution < -0.4 is 40.2 Å². The van der Waals surface area contributed by atoms with Crippen molar-refractivity contribution in [1.82, 2.24) is 48.0 Å². The van der Waals surface area contributed by atoms with Crippen molar-refractivity contribution in [2.45, 2.75) is 226 Å². The van der Waals surface area contributed by atoms with Crippen molar-refractivity contribution >= 4 is 96.8 Å². The van der Waals surface area contributed by atoms with Crippen molar-refractivity contribution in [3.8, 4) is 0 Å². The van der Waals surface area contributed by atoms with Gasteiger partial charge in [-0.15, -0.1) is 0 Å². The second-order valence-corrected chi connectivity index (χ2v) is 43.8. The molecule has 0 saturated carbocycles. The van der Waals surface area contributed by atoms with Crippen LogP contribution in [0.4, 0.5) is 41.9 Å². The van der Waals surface area contributed by atoms with E-state index in [1.807, 2.05) is 27.6 Å². The minimum atomic E-state index is -3.80. The summed E-state index contributed by atoms with van der Waals surface area (Å²) in [5, 5.41) is 9.23. The smallest absolute Gasteiger partial charge is 0.332 e. The molecule has 5 aromatic rings. The maximum Gasteiger partial charge on any atom is 0.332 e. The van der Waals surface area contributed by atoms with Gasteiger partial charge in [-0.1, -0.05) is 31.2 Å². The Labute approximate surface area is 669 Å². The van der Waals surface area contributed by atoms with E-state index in [0.717, 1.165) is 213 Å². The molecule has 19 rings (SSSR count). The topological polar surface area (TPSA) is 375 Å². The fraction of sp³-hybridized carbons (Fsp3) is 0.613. The molecule has 6 saturated heterocycles. The van der Waals surface area contributed by atoms with E-state index in [1.54, 1.807) is 6.20 Å². The van der Waals surface area contributed by atoms with E-state index >= 15 is 0 Å². The van der Waals surface area contributed by atoms with Gasteiger partial charge in [0.05, 0.1) is 24.7 Å². The number of carbonyl (C=O) groups is 4. The summed E-state index contributed by atoms with van der Waals surface area (Å²) >= 11 is 0. The number of amides is 8. The molecule has 0 spiro atoms. The fourth-order valence-corrected chi connectivity index (χ4v) is 26.2. The summed E-state index contributed by atoms with van der Waals surface area (Å²) in [6.45, 7) is 9.43. The maximum atomic E-state index is 12.7.